The molecule has 1 aliphatic rings. The highest BCUT2D eigenvalue weighted by Gasteiger charge is 1.75. The van der Waals surface area contributed by atoms with Crippen molar-refractivity contribution in [3.63, 3.8) is 0 Å². The van der Waals surface area contributed by atoms with Crippen molar-refractivity contribution in [3.05, 3.63) is 86.2 Å². The van der Waals surface area contributed by atoms with E-state index in [1.54, 1.807) is 36.5 Å². The summed E-state index contributed by atoms with van der Waals surface area (Å²) in [6.45, 7) is 0. The van der Waals surface area contributed by atoms with Crippen LogP contribution in [0.15, 0.2) is 114 Å². The Hall–Kier alpha value is -5.42. The van der Waals surface area contributed by atoms with Gasteiger partial charge in [0.25, 0.3) is 0 Å². The van der Waals surface area contributed by atoms with E-state index >= 15 is 0 Å². The van der Waals surface area contributed by atoms with Crippen LogP contribution < -0.4 is 0 Å². The lowest BCUT2D eigenvalue weighted by atomic mass is 10.5. The number of hydrogen-bond acceptors (Lipinski definition) is 23. The van der Waals surface area contributed by atoms with Gasteiger partial charge in [-0.25, -0.2) is 14.6 Å². The van der Waals surface area contributed by atoms with E-state index in [1.807, 2.05) is 5.38 Å². The SMILES string of the molecule is C1=NN=CC1.c1cnon1.c1cnsn1.c1conn1.c1csnn1.c1ncon1.c1ncsn1.c1nnco1. The van der Waals surface area contributed by atoms with E-state index in [2.05, 4.69) is 97.0 Å². The van der Waals surface area contributed by atoms with Gasteiger partial charge >= 0.3 is 0 Å². The van der Waals surface area contributed by atoms with Crippen molar-refractivity contribution in [3.8, 4) is 0 Å². The van der Waals surface area contributed by atoms with E-state index in [0.29, 0.717) is 0 Å². The van der Waals surface area contributed by atoms with Crippen LogP contribution in [0.2, 0.25) is 0 Å². The van der Waals surface area contributed by atoms with Crippen LogP contribution in [-0.4, -0.2) is 81.1 Å². The second-order valence-electron chi connectivity index (χ2n) is 4.93. The molecule has 0 saturated heterocycles. The molecule has 0 N–H and O–H groups in total. The molecule has 7 aromatic rings. The van der Waals surface area contributed by atoms with Crippen LogP contribution in [0, 0.1) is 0 Å². The summed E-state index contributed by atoms with van der Waals surface area (Å²) in [5.74, 6) is 0. The number of aromatic nitrogens is 14. The smallest absolute Gasteiger partial charge is 0.213 e. The Morgan fingerprint density at radius 3 is 1.62 bits per heavy atom. The molecular formula is C17H18N16O4S3. The molecule has 20 nitrogen and oxygen atoms in total. The lowest BCUT2D eigenvalue weighted by Crippen LogP contribution is -1.60. The van der Waals surface area contributed by atoms with E-state index in [9.17, 15) is 0 Å². The zero-order chi connectivity index (χ0) is 28.3. The Labute approximate surface area is 236 Å². The highest BCUT2D eigenvalue weighted by atomic mass is 32.1. The lowest BCUT2D eigenvalue weighted by molar-refractivity contribution is 0.307. The minimum absolute atomic E-state index is 0.917. The van der Waals surface area contributed by atoms with Gasteiger partial charge in [-0.1, -0.05) is 20.0 Å². The molecule has 0 amide bonds. The fourth-order valence-electron chi connectivity index (χ4n) is 1.19. The standard InChI is InChI=1S/C3H4N2.4C2H2N2O.3C2H2N2S/c1-2-4-5-3-1;1-3-4-2-5-1;1-3-2-5-4-1;1-2-5-4-3-1;1-2-4-5-3-1;1-3-2-5-4-1;1-2-5-4-3-1;1-2-4-5-3-1/h2-3H,1H2;7*1-2H. The molecule has 0 fully saturated rings. The van der Waals surface area contributed by atoms with E-state index in [0.717, 1.165) is 6.42 Å². The molecule has 7 aromatic heterocycles. The van der Waals surface area contributed by atoms with E-state index in [4.69, 9.17) is 0 Å². The van der Waals surface area contributed by atoms with E-state index in [-0.39, 0.29) is 0 Å². The first-order valence-corrected chi connectivity index (χ1v) is 12.4. The summed E-state index contributed by atoms with van der Waals surface area (Å²) < 4.78 is 31.4. The average Bonchev–Trinajstić information content (AvgIpc) is 3.95. The predicted octanol–water partition coefficient (Wildman–Crippen LogP) is 2.34. The number of nitrogens with zero attached hydrogens (tertiary/aromatic N) is 16. The van der Waals surface area contributed by atoms with Crippen molar-refractivity contribution in [1.29, 1.82) is 0 Å². The summed E-state index contributed by atoms with van der Waals surface area (Å²) >= 11 is 3.92. The summed E-state index contributed by atoms with van der Waals surface area (Å²) in [6.07, 6.45) is 21.9. The zero-order valence-corrected chi connectivity index (χ0v) is 22.4. The molecule has 23 heteroatoms. The molecule has 8 heterocycles. The third-order valence-corrected chi connectivity index (χ3v) is 3.72. The Morgan fingerprint density at radius 1 is 0.625 bits per heavy atom. The molecule has 0 unspecified atom stereocenters. The summed E-state index contributed by atoms with van der Waals surface area (Å²) in [6, 6.07) is 0. The Morgan fingerprint density at radius 2 is 1.43 bits per heavy atom. The van der Waals surface area contributed by atoms with Gasteiger partial charge in [0, 0.05) is 29.5 Å². The van der Waals surface area contributed by atoms with E-state index in [1.165, 1.54) is 91.5 Å². The van der Waals surface area contributed by atoms with Crippen molar-refractivity contribution >= 4 is 47.2 Å². The average molecular weight is 607 g/mol. The van der Waals surface area contributed by atoms with Gasteiger partial charge in [-0.05, 0) is 23.1 Å². The van der Waals surface area contributed by atoms with Gasteiger partial charge in [0.15, 0.2) is 6.33 Å². The van der Waals surface area contributed by atoms with Crippen LogP contribution >= 0.6 is 34.8 Å². The van der Waals surface area contributed by atoms with Crippen molar-refractivity contribution in [2.45, 2.75) is 6.42 Å². The van der Waals surface area contributed by atoms with Crippen LogP contribution in [-0.2, 0) is 0 Å². The maximum atomic E-state index is 4.36. The molecule has 0 aromatic carbocycles. The van der Waals surface area contributed by atoms with Crippen molar-refractivity contribution in [2.24, 2.45) is 10.2 Å². The fraction of sp³-hybridized carbons (Fsp3) is 0.0588. The molecule has 0 spiro atoms. The van der Waals surface area contributed by atoms with Crippen LogP contribution in [0.25, 0.3) is 0 Å². The third-order valence-electron chi connectivity index (χ3n) is 2.42. The molecule has 0 radical (unpaired) electrons. The molecular weight excluding hydrogens is 588 g/mol. The molecule has 208 valence electrons. The van der Waals surface area contributed by atoms with Crippen molar-refractivity contribution in [1.82, 2.24) is 68.7 Å². The minimum Gasteiger partial charge on any atom is -0.431 e. The summed E-state index contributed by atoms with van der Waals surface area (Å²) in [5, 5.41) is 35.1. The molecule has 8 rings (SSSR count). The molecule has 0 saturated carbocycles. The normalized spacial score (nSPS) is 9.20. The maximum Gasteiger partial charge on any atom is 0.213 e. The number of rotatable bonds is 0. The van der Waals surface area contributed by atoms with Gasteiger partial charge in [0.1, 0.15) is 18.1 Å². The molecule has 0 bridgehead atoms. The number of hydrogen-bond donors (Lipinski definition) is 0. The van der Waals surface area contributed by atoms with Gasteiger partial charge in [0.05, 0.1) is 48.9 Å². The van der Waals surface area contributed by atoms with Crippen LogP contribution in [0.3, 0.4) is 0 Å². The second-order valence-corrected chi connectivity index (χ2v) is 6.79. The van der Waals surface area contributed by atoms with Crippen molar-refractivity contribution in [2.75, 3.05) is 0 Å². The van der Waals surface area contributed by atoms with Crippen molar-refractivity contribution < 1.29 is 18.1 Å². The predicted molar refractivity (Wildman–Crippen MR) is 139 cm³/mol. The topological polar surface area (TPSA) is 258 Å². The molecule has 0 atom stereocenters. The molecule has 0 aliphatic carbocycles. The Bertz CT molecular complexity index is 879. The third kappa shape index (κ3) is 27.2. The quantitative estimate of drug-likeness (QED) is 0.240. The Balaban J connectivity index is 0.000000229. The fourth-order valence-corrected chi connectivity index (χ4v) is 2.00. The van der Waals surface area contributed by atoms with Gasteiger partial charge in [0.2, 0.25) is 19.2 Å². The lowest BCUT2D eigenvalue weighted by Gasteiger charge is -1.50. The highest BCUT2D eigenvalue weighted by molar-refractivity contribution is 7.03. The summed E-state index contributed by atoms with van der Waals surface area (Å²) in [7, 11) is 0. The zero-order valence-electron chi connectivity index (χ0n) is 20.0. The molecule has 1 aliphatic heterocycles. The monoisotopic (exact) mass is 606 g/mol. The largest absolute Gasteiger partial charge is 0.431 e. The highest BCUT2D eigenvalue weighted by Crippen LogP contribution is 1.79. The first-order chi connectivity index (χ1) is 20.0. The summed E-state index contributed by atoms with van der Waals surface area (Å²) in [4.78, 5) is 7.07. The van der Waals surface area contributed by atoms with Gasteiger partial charge < -0.3 is 13.5 Å². The minimum atomic E-state index is 0.917. The van der Waals surface area contributed by atoms with Gasteiger partial charge in [-0.2, -0.15) is 23.3 Å². The van der Waals surface area contributed by atoms with Crippen LogP contribution in [0.5, 0.6) is 0 Å². The maximum absolute atomic E-state index is 4.36. The van der Waals surface area contributed by atoms with Gasteiger partial charge in [-0.3, -0.25) is 0 Å². The first-order valence-electron chi connectivity index (χ1n) is 9.96. The first kappa shape index (κ1) is 32.6. The van der Waals surface area contributed by atoms with Gasteiger partial charge in [-0.15, -0.1) is 20.4 Å². The van der Waals surface area contributed by atoms with E-state index < -0.39 is 0 Å². The summed E-state index contributed by atoms with van der Waals surface area (Å²) in [5.41, 5.74) is 1.68. The second kappa shape index (κ2) is 29.8. The Kier molecular flexibility index (Phi) is 24.3. The van der Waals surface area contributed by atoms with Crippen LogP contribution in [0.4, 0.5) is 0 Å². The molecule has 40 heavy (non-hydrogen) atoms. The van der Waals surface area contributed by atoms with Crippen LogP contribution in [0.1, 0.15) is 6.42 Å².